The minimum Gasteiger partial charge on any atom is -0.483 e. The summed E-state index contributed by atoms with van der Waals surface area (Å²) in [6.07, 6.45) is -4.07. The molecule has 0 radical (unpaired) electrons. The van der Waals surface area contributed by atoms with Gasteiger partial charge in [-0.25, -0.2) is 0 Å². The molecule has 2 fully saturated rings. The number of carbonyl (C=O) groups excluding carboxylic acids is 1. The number of hydrogen-bond acceptors (Lipinski definition) is 8. The maximum absolute atomic E-state index is 12.6. The molecule has 0 aromatic carbocycles. The van der Waals surface area contributed by atoms with Crippen molar-refractivity contribution in [2.75, 3.05) is 19.7 Å². The Balaban J connectivity index is 0.00000101. The normalized spacial score (nSPS) is 26.5. The summed E-state index contributed by atoms with van der Waals surface area (Å²) in [5, 5.41) is 23.6. The largest absolute Gasteiger partial charge is 0.483 e. The number of amides is 1. The van der Waals surface area contributed by atoms with Gasteiger partial charge in [-0.3, -0.25) is 14.5 Å². The molecular formula is C17H25F3N4O6. The van der Waals surface area contributed by atoms with Gasteiger partial charge in [0, 0.05) is 26.6 Å². The summed E-state index contributed by atoms with van der Waals surface area (Å²) in [6, 6.07) is 0. The first kappa shape index (κ1) is 24.0. The van der Waals surface area contributed by atoms with Crippen LogP contribution in [0.2, 0.25) is 0 Å². The monoisotopic (exact) mass is 438 g/mol. The van der Waals surface area contributed by atoms with Crippen LogP contribution in [0.25, 0.3) is 0 Å². The van der Waals surface area contributed by atoms with E-state index in [1.165, 1.54) is 6.92 Å². The highest BCUT2D eigenvalue weighted by Gasteiger charge is 2.53. The third-order valence-electron chi connectivity index (χ3n) is 5.36. The number of rotatable bonds is 3. The molecule has 0 saturated carbocycles. The Kier molecular flexibility index (Phi) is 7.42. The van der Waals surface area contributed by atoms with Crippen LogP contribution < -0.4 is 5.32 Å². The van der Waals surface area contributed by atoms with Gasteiger partial charge < -0.3 is 24.8 Å². The number of hydrogen-bond donors (Lipinski definition) is 3. The molecule has 1 aromatic heterocycles. The van der Waals surface area contributed by atoms with Crippen molar-refractivity contribution in [3.63, 3.8) is 0 Å². The lowest BCUT2D eigenvalue weighted by Gasteiger charge is -2.53. The molecule has 3 rings (SSSR count). The molecule has 10 nitrogen and oxygen atoms in total. The molecule has 3 N–H and O–H groups in total. The molecule has 13 heteroatoms. The number of likely N-dealkylation sites (tertiary alicyclic amines) is 1. The van der Waals surface area contributed by atoms with E-state index in [-0.39, 0.29) is 24.8 Å². The van der Waals surface area contributed by atoms with Crippen molar-refractivity contribution in [1.82, 2.24) is 20.4 Å². The van der Waals surface area contributed by atoms with Crippen LogP contribution in [0.4, 0.5) is 13.2 Å². The molecule has 1 amide bonds. The summed E-state index contributed by atoms with van der Waals surface area (Å²) in [6.45, 7) is 4.42. The Morgan fingerprint density at radius 3 is 2.47 bits per heavy atom. The zero-order valence-electron chi connectivity index (χ0n) is 16.6. The van der Waals surface area contributed by atoms with Crippen LogP contribution in [-0.2, 0) is 27.0 Å². The lowest BCUT2D eigenvalue weighted by atomic mass is 9.73. The lowest BCUT2D eigenvalue weighted by molar-refractivity contribution is -0.208. The summed E-state index contributed by atoms with van der Waals surface area (Å²) in [5.74, 6) is -1.61. The third-order valence-corrected chi connectivity index (χ3v) is 5.36. The van der Waals surface area contributed by atoms with Gasteiger partial charge in [-0.05, 0) is 26.2 Å². The Bertz CT molecular complexity index is 735. The molecule has 0 bridgehead atoms. The number of nitrogens with zero attached hydrogens (tertiary/aromatic N) is 3. The zero-order chi connectivity index (χ0) is 22.6. The minimum atomic E-state index is -4.64. The summed E-state index contributed by atoms with van der Waals surface area (Å²) in [4.78, 5) is 25.1. The first-order chi connectivity index (χ1) is 14.0. The molecule has 1 aromatic rings. The van der Waals surface area contributed by atoms with Gasteiger partial charge in [-0.2, -0.15) is 18.2 Å². The van der Waals surface area contributed by atoms with Crippen LogP contribution in [0, 0.1) is 0 Å². The van der Waals surface area contributed by atoms with Gasteiger partial charge in [0.15, 0.2) is 0 Å². The highest BCUT2D eigenvalue weighted by atomic mass is 19.4. The van der Waals surface area contributed by atoms with Gasteiger partial charge in [-0.1, -0.05) is 5.16 Å². The van der Waals surface area contributed by atoms with E-state index in [9.17, 15) is 23.1 Å². The first-order valence-electron chi connectivity index (χ1n) is 9.26. The fourth-order valence-corrected chi connectivity index (χ4v) is 3.93. The van der Waals surface area contributed by atoms with Gasteiger partial charge in [0.25, 0.3) is 12.3 Å². The van der Waals surface area contributed by atoms with Crippen molar-refractivity contribution < 1.29 is 42.2 Å². The summed E-state index contributed by atoms with van der Waals surface area (Å²) in [5.41, 5.74) is -1.57. The molecule has 2 aliphatic rings. The number of halogens is 3. The van der Waals surface area contributed by atoms with Crippen molar-refractivity contribution in [1.29, 1.82) is 0 Å². The Hall–Kier alpha value is -2.25. The van der Waals surface area contributed by atoms with Crippen LogP contribution in [0.3, 0.4) is 0 Å². The number of carbonyl (C=O) groups is 2. The zero-order valence-corrected chi connectivity index (χ0v) is 16.6. The van der Waals surface area contributed by atoms with Crippen LogP contribution in [0.15, 0.2) is 4.52 Å². The topological polar surface area (TPSA) is 138 Å². The Morgan fingerprint density at radius 2 is 1.97 bits per heavy atom. The summed E-state index contributed by atoms with van der Waals surface area (Å²) < 4.78 is 48.2. The first-order valence-corrected chi connectivity index (χ1v) is 9.26. The summed E-state index contributed by atoms with van der Waals surface area (Å²) in [7, 11) is 0. The molecule has 2 atom stereocenters. The average molecular weight is 438 g/mol. The van der Waals surface area contributed by atoms with Gasteiger partial charge in [0.2, 0.25) is 11.8 Å². The number of alkyl halides is 3. The Morgan fingerprint density at radius 1 is 1.37 bits per heavy atom. The van der Waals surface area contributed by atoms with Gasteiger partial charge >= 0.3 is 6.18 Å². The molecule has 0 aliphatic carbocycles. The van der Waals surface area contributed by atoms with E-state index < -0.39 is 29.2 Å². The number of aliphatic hydroxyl groups is 1. The van der Waals surface area contributed by atoms with Crippen LogP contribution in [0.1, 0.15) is 44.8 Å². The van der Waals surface area contributed by atoms with Crippen LogP contribution in [-0.4, -0.2) is 74.6 Å². The number of aromatic nitrogens is 2. The molecule has 1 spiro atoms. The van der Waals surface area contributed by atoms with Gasteiger partial charge in [-0.15, -0.1) is 0 Å². The van der Waals surface area contributed by atoms with E-state index in [0.717, 1.165) is 0 Å². The second-order valence-electron chi connectivity index (χ2n) is 7.56. The fourth-order valence-electron chi connectivity index (χ4n) is 3.93. The van der Waals surface area contributed by atoms with E-state index in [0.29, 0.717) is 39.0 Å². The predicted molar refractivity (Wildman–Crippen MR) is 94.0 cm³/mol. The van der Waals surface area contributed by atoms with Crippen molar-refractivity contribution in [3.05, 3.63) is 11.7 Å². The van der Waals surface area contributed by atoms with Crippen molar-refractivity contribution >= 4 is 12.4 Å². The second kappa shape index (κ2) is 9.27. The average Bonchev–Trinajstić information content (AvgIpc) is 3.11. The maximum atomic E-state index is 12.6. The van der Waals surface area contributed by atoms with Gasteiger partial charge in [0.1, 0.15) is 6.10 Å². The summed E-state index contributed by atoms with van der Waals surface area (Å²) >= 11 is 0. The smallest absolute Gasteiger partial charge is 0.455 e. The van der Waals surface area contributed by atoms with E-state index in [1.54, 1.807) is 6.92 Å². The highest BCUT2D eigenvalue weighted by Crippen LogP contribution is 2.40. The lowest BCUT2D eigenvalue weighted by Crippen LogP contribution is -2.69. The minimum absolute atomic E-state index is 0.0955. The number of carboxylic acid groups (broad SMARTS) is 1. The third kappa shape index (κ3) is 5.46. The number of aliphatic hydroxyl groups excluding tert-OH is 1. The quantitative estimate of drug-likeness (QED) is 0.585. The van der Waals surface area contributed by atoms with Gasteiger partial charge in [0.05, 0.1) is 17.7 Å². The predicted octanol–water partition coefficient (Wildman–Crippen LogP) is 0.800. The number of nitrogens with one attached hydrogen (secondary N) is 1. The van der Waals surface area contributed by atoms with Crippen molar-refractivity contribution in [2.24, 2.45) is 0 Å². The van der Waals surface area contributed by atoms with Crippen molar-refractivity contribution in [2.45, 2.75) is 63.1 Å². The molecule has 2 saturated heterocycles. The van der Waals surface area contributed by atoms with E-state index in [4.69, 9.17) is 14.6 Å². The fraction of sp³-hybridized carbons (Fsp3) is 0.765. The van der Waals surface area contributed by atoms with E-state index >= 15 is 0 Å². The SMILES string of the molecule is CC(=O)N[C@@]1(C)CCOC2(CCN(Cc3nc(C(F)(F)F)no3)CC2)[C@@H]1O.O=CO. The molecule has 0 unspecified atom stereocenters. The van der Waals surface area contributed by atoms with Crippen molar-refractivity contribution in [3.8, 4) is 0 Å². The molecule has 30 heavy (non-hydrogen) atoms. The second-order valence-corrected chi connectivity index (χ2v) is 7.56. The molecule has 2 aliphatic heterocycles. The van der Waals surface area contributed by atoms with E-state index in [2.05, 4.69) is 20.0 Å². The highest BCUT2D eigenvalue weighted by molar-refractivity contribution is 5.74. The number of piperidine rings is 1. The standard InChI is InChI=1S/C16H23F3N4O4.CH2O2/c1-10(24)21-14(2)5-8-26-15(12(14)25)3-6-23(7-4-15)9-11-20-13(22-27-11)16(17,18)19;2-1-3/h12,25H,3-9H2,1-2H3,(H,21,24);1H,(H,2,3)/t12-,14+;/m1./s1. The number of ether oxygens (including phenoxy) is 1. The Labute approximate surface area is 170 Å². The van der Waals surface area contributed by atoms with E-state index in [1.807, 2.05) is 4.90 Å². The van der Waals surface area contributed by atoms with Crippen LogP contribution >= 0.6 is 0 Å². The molecule has 3 heterocycles. The maximum Gasteiger partial charge on any atom is 0.455 e. The van der Waals surface area contributed by atoms with Crippen LogP contribution in [0.5, 0.6) is 0 Å². The molecule has 170 valence electrons. The molecular weight excluding hydrogens is 413 g/mol.